The topological polar surface area (TPSA) is 76.4 Å². The summed E-state index contributed by atoms with van der Waals surface area (Å²) in [6.07, 6.45) is 3.75. The molecule has 1 fully saturated rings. The first kappa shape index (κ1) is 26.5. The van der Waals surface area contributed by atoms with E-state index in [1.54, 1.807) is 18.2 Å². The van der Waals surface area contributed by atoms with Crippen LogP contribution in [0.25, 0.3) is 22.3 Å². The van der Waals surface area contributed by atoms with Crippen LogP contribution in [0.2, 0.25) is 0 Å². The molecule has 198 valence electrons. The fourth-order valence-electron chi connectivity index (χ4n) is 5.23. The molecule has 0 bridgehead atoms. The van der Waals surface area contributed by atoms with Gasteiger partial charge < -0.3 is 14.5 Å². The molecule has 1 aliphatic heterocycles. The van der Waals surface area contributed by atoms with E-state index in [2.05, 4.69) is 61.6 Å². The van der Waals surface area contributed by atoms with E-state index in [0.29, 0.717) is 11.8 Å². The third kappa shape index (κ3) is 4.98. The number of hydrogen-bond acceptors (Lipinski definition) is 7. The largest absolute Gasteiger partial charge is 0.496 e. The number of methoxy groups -OCH3 is 1. The minimum atomic E-state index is -0.506. The Morgan fingerprint density at radius 1 is 1.18 bits per heavy atom. The van der Waals surface area contributed by atoms with Crippen LogP contribution >= 0.6 is 22.6 Å². The number of carbonyl (C=O) groups excluding carboxylic acids is 1. The smallest absolute Gasteiger partial charge is 0.185 e. The van der Waals surface area contributed by atoms with E-state index in [0.717, 1.165) is 51.8 Å². The van der Waals surface area contributed by atoms with Gasteiger partial charge in [0.2, 0.25) is 0 Å². The number of rotatable bonds is 7. The lowest BCUT2D eigenvalue weighted by Crippen LogP contribution is -2.42. The summed E-state index contributed by atoms with van der Waals surface area (Å²) in [5.41, 5.74) is 3.40. The van der Waals surface area contributed by atoms with E-state index in [1.807, 2.05) is 23.9 Å². The van der Waals surface area contributed by atoms with Crippen LogP contribution in [0.15, 0.2) is 42.6 Å². The van der Waals surface area contributed by atoms with E-state index < -0.39 is 5.82 Å². The fourth-order valence-corrected chi connectivity index (χ4v) is 6.09. The predicted molar refractivity (Wildman–Crippen MR) is 154 cm³/mol. The van der Waals surface area contributed by atoms with Crippen LogP contribution in [0, 0.1) is 9.52 Å². The van der Waals surface area contributed by atoms with Gasteiger partial charge in [-0.3, -0.25) is 9.48 Å². The van der Waals surface area contributed by atoms with Gasteiger partial charge in [-0.15, -0.1) is 0 Å². The number of ketones is 1. The SMILES string of the molecule is COc1cccc(F)c1-c1nccc(C(=O)Cc2ccc3c(c(I)nn3C)c2N2CCC(N(C)C)CC2)n1. The maximum atomic E-state index is 14.7. The highest BCUT2D eigenvalue weighted by Crippen LogP contribution is 2.37. The number of halogens is 2. The van der Waals surface area contributed by atoms with Gasteiger partial charge in [0.1, 0.15) is 21.0 Å². The fraction of sp³-hybridized carbons (Fsp3) is 0.357. The molecule has 2 aromatic carbocycles. The number of anilines is 1. The standard InChI is InChI=1S/C28H30FIN6O2/c1-34(2)18-11-14-36(15-12-18)26-17(8-9-21-25(26)27(30)33-35(21)3)16-22(37)20-10-13-31-28(32-20)24-19(29)6-5-7-23(24)38-4/h5-10,13,18H,11-12,14-16H2,1-4H3. The molecule has 0 atom stereocenters. The minimum Gasteiger partial charge on any atom is -0.496 e. The van der Waals surface area contributed by atoms with E-state index in [-0.39, 0.29) is 29.3 Å². The Balaban J connectivity index is 1.51. The van der Waals surface area contributed by atoms with Gasteiger partial charge >= 0.3 is 0 Å². The maximum absolute atomic E-state index is 14.7. The minimum absolute atomic E-state index is 0.119. The third-order valence-electron chi connectivity index (χ3n) is 7.25. The van der Waals surface area contributed by atoms with Crippen molar-refractivity contribution in [3.8, 4) is 17.1 Å². The Labute approximate surface area is 235 Å². The molecule has 1 aliphatic rings. The molecule has 0 amide bonds. The van der Waals surface area contributed by atoms with Crippen LogP contribution in [0.4, 0.5) is 10.1 Å². The lowest BCUT2D eigenvalue weighted by Gasteiger charge is -2.37. The number of ether oxygens (including phenoxy) is 1. The molecule has 0 radical (unpaired) electrons. The Morgan fingerprint density at radius 3 is 2.66 bits per heavy atom. The van der Waals surface area contributed by atoms with Crippen molar-refractivity contribution < 1.29 is 13.9 Å². The van der Waals surface area contributed by atoms with E-state index in [1.165, 1.54) is 19.4 Å². The zero-order chi connectivity index (χ0) is 27.0. The number of aryl methyl sites for hydroxylation is 1. The van der Waals surface area contributed by atoms with Gasteiger partial charge in [-0.25, -0.2) is 14.4 Å². The number of hydrogen-bond donors (Lipinski definition) is 0. The first-order valence-electron chi connectivity index (χ1n) is 12.5. The number of benzene rings is 2. The van der Waals surface area contributed by atoms with Crippen molar-refractivity contribution in [2.75, 3.05) is 39.2 Å². The van der Waals surface area contributed by atoms with Crippen molar-refractivity contribution in [3.05, 3.63) is 63.4 Å². The van der Waals surface area contributed by atoms with Crippen molar-refractivity contribution in [1.82, 2.24) is 24.6 Å². The first-order chi connectivity index (χ1) is 18.3. The first-order valence-corrected chi connectivity index (χ1v) is 13.6. The number of aromatic nitrogens is 4. The summed E-state index contributed by atoms with van der Waals surface area (Å²) in [5, 5.41) is 5.72. The molecule has 10 heteroatoms. The van der Waals surface area contributed by atoms with Crippen LogP contribution in [0.1, 0.15) is 28.9 Å². The van der Waals surface area contributed by atoms with Gasteiger partial charge in [0.15, 0.2) is 11.6 Å². The van der Waals surface area contributed by atoms with Crippen molar-refractivity contribution in [3.63, 3.8) is 0 Å². The molecular weight excluding hydrogens is 598 g/mol. The van der Waals surface area contributed by atoms with Gasteiger partial charge in [0, 0.05) is 38.8 Å². The van der Waals surface area contributed by atoms with Gasteiger partial charge in [-0.05, 0) is 79.4 Å². The van der Waals surface area contributed by atoms with Crippen LogP contribution in [-0.4, -0.2) is 70.8 Å². The molecule has 5 rings (SSSR count). The van der Waals surface area contributed by atoms with Crippen molar-refractivity contribution in [2.24, 2.45) is 7.05 Å². The van der Waals surface area contributed by atoms with Crippen molar-refractivity contribution in [2.45, 2.75) is 25.3 Å². The second kappa shape index (κ2) is 10.9. The molecule has 3 heterocycles. The highest BCUT2D eigenvalue weighted by atomic mass is 127. The summed E-state index contributed by atoms with van der Waals surface area (Å²) in [5.74, 6) is -0.232. The molecule has 0 aliphatic carbocycles. The number of piperidine rings is 1. The average molecular weight is 628 g/mol. The van der Waals surface area contributed by atoms with Crippen molar-refractivity contribution >= 4 is 45.0 Å². The molecule has 2 aromatic heterocycles. The van der Waals surface area contributed by atoms with Crippen LogP contribution < -0.4 is 9.64 Å². The lowest BCUT2D eigenvalue weighted by atomic mass is 9.98. The Bertz CT molecular complexity index is 1500. The van der Waals surface area contributed by atoms with Crippen LogP contribution in [0.3, 0.4) is 0 Å². The summed E-state index contributed by atoms with van der Waals surface area (Å²) in [6.45, 7) is 1.80. The van der Waals surface area contributed by atoms with E-state index >= 15 is 0 Å². The molecule has 0 spiro atoms. The molecular formula is C28H30FIN6O2. The number of carbonyl (C=O) groups is 1. The Hall–Kier alpha value is -3.12. The quantitative estimate of drug-likeness (QED) is 0.216. The van der Waals surface area contributed by atoms with Crippen LogP contribution in [-0.2, 0) is 13.5 Å². The average Bonchev–Trinajstić information content (AvgIpc) is 3.21. The Kier molecular flexibility index (Phi) is 7.62. The zero-order valence-corrected chi connectivity index (χ0v) is 24.1. The van der Waals surface area contributed by atoms with E-state index in [4.69, 9.17) is 4.74 Å². The molecule has 0 saturated carbocycles. The Morgan fingerprint density at radius 2 is 1.95 bits per heavy atom. The molecule has 0 N–H and O–H groups in total. The van der Waals surface area contributed by atoms with Gasteiger partial charge in [0.25, 0.3) is 0 Å². The molecule has 1 saturated heterocycles. The third-order valence-corrected chi connectivity index (χ3v) is 8.01. The molecule has 38 heavy (non-hydrogen) atoms. The summed E-state index contributed by atoms with van der Waals surface area (Å²) in [4.78, 5) is 26.9. The van der Waals surface area contributed by atoms with Gasteiger partial charge in [-0.2, -0.15) is 5.10 Å². The highest BCUT2D eigenvalue weighted by molar-refractivity contribution is 14.1. The maximum Gasteiger partial charge on any atom is 0.185 e. The van der Waals surface area contributed by atoms with E-state index in [9.17, 15) is 9.18 Å². The summed E-state index contributed by atoms with van der Waals surface area (Å²) < 4.78 is 22.8. The zero-order valence-electron chi connectivity index (χ0n) is 21.9. The van der Waals surface area contributed by atoms with Gasteiger partial charge in [0.05, 0.1) is 29.3 Å². The highest BCUT2D eigenvalue weighted by Gasteiger charge is 2.27. The van der Waals surface area contributed by atoms with Gasteiger partial charge in [-0.1, -0.05) is 12.1 Å². The monoisotopic (exact) mass is 628 g/mol. The summed E-state index contributed by atoms with van der Waals surface area (Å²) in [6, 6.07) is 10.7. The number of Topliss-reactive ketones (excluding diaryl/α,β-unsaturated/α-hetero) is 1. The second-order valence-corrected chi connectivity index (χ2v) is 10.8. The number of nitrogens with zero attached hydrogens (tertiary/aromatic N) is 6. The molecule has 8 nitrogen and oxygen atoms in total. The number of fused-ring (bicyclic) bond motifs is 1. The lowest BCUT2D eigenvalue weighted by molar-refractivity contribution is 0.0988. The van der Waals surface area contributed by atoms with Crippen molar-refractivity contribution in [1.29, 1.82) is 0 Å². The second-order valence-electron chi connectivity index (χ2n) is 9.75. The molecule has 4 aromatic rings. The predicted octanol–water partition coefficient (Wildman–Crippen LogP) is 4.74. The summed E-state index contributed by atoms with van der Waals surface area (Å²) >= 11 is 2.28. The summed E-state index contributed by atoms with van der Waals surface area (Å²) in [7, 11) is 7.66. The normalized spacial score (nSPS) is 14.4. The molecule has 0 unspecified atom stereocenters. The van der Waals surface area contributed by atoms with Crippen LogP contribution in [0.5, 0.6) is 5.75 Å².